The number of piperidine rings is 1. The van der Waals surface area contributed by atoms with Crippen molar-refractivity contribution in [2.75, 3.05) is 23.7 Å². The average molecular weight is 456 g/mol. The van der Waals surface area contributed by atoms with Gasteiger partial charge in [0.1, 0.15) is 11.6 Å². The van der Waals surface area contributed by atoms with E-state index in [1.165, 1.54) is 18.4 Å². The van der Waals surface area contributed by atoms with Crippen LogP contribution in [0, 0.1) is 0 Å². The van der Waals surface area contributed by atoms with Crippen molar-refractivity contribution in [2.45, 2.75) is 44.1 Å². The number of anilines is 3. The highest BCUT2D eigenvalue weighted by molar-refractivity contribution is 5.89. The quantitative estimate of drug-likeness (QED) is 0.450. The molecule has 2 aromatic heterocycles. The molecule has 4 N–H and O–H groups in total. The predicted octanol–water partition coefficient (Wildman–Crippen LogP) is 3.93. The third-order valence-electron chi connectivity index (χ3n) is 6.78. The molecule has 1 aliphatic carbocycles. The molecular formula is C26H29N7O. The van der Waals surface area contributed by atoms with Crippen LogP contribution in [0.5, 0.6) is 0 Å². The van der Waals surface area contributed by atoms with Gasteiger partial charge in [0.2, 0.25) is 5.91 Å². The summed E-state index contributed by atoms with van der Waals surface area (Å²) in [7, 11) is 0. The van der Waals surface area contributed by atoms with Gasteiger partial charge in [0, 0.05) is 29.1 Å². The summed E-state index contributed by atoms with van der Waals surface area (Å²) in [6.45, 7) is 6.13. The highest BCUT2D eigenvalue weighted by atomic mass is 16.1. The standard InChI is InChI=1S/C26H29N7O/c1-16-19(13-25(34)29-16)12-20-15-28-33-24(31-22-6-7-22)14-23(32-26(20)33)30-21-4-2-17(3-5-21)18-8-10-27-11-9-18/h2-5,12,14-15,18,22,27,31H,1,6-11,13H2,(H,29,34)(H,30,32)/b19-12+. The number of allylic oxidation sites excluding steroid dienone is 1. The number of nitrogens with zero attached hydrogens (tertiary/aromatic N) is 3. The Kier molecular flexibility index (Phi) is 5.30. The fourth-order valence-corrected chi connectivity index (χ4v) is 4.73. The molecule has 2 aliphatic heterocycles. The lowest BCUT2D eigenvalue weighted by atomic mass is 9.90. The van der Waals surface area contributed by atoms with Gasteiger partial charge in [-0.2, -0.15) is 9.61 Å². The van der Waals surface area contributed by atoms with E-state index in [0.717, 1.165) is 60.0 Å². The molecule has 8 nitrogen and oxygen atoms in total. The largest absolute Gasteiger partial charge is 0.367 e. The first-order valence-electron chi connectivity index (χ1n) is 12.0. The Morgan fingerprint density at radius 2 is 1.91 bits per heavy atom. The Bertz CT molecular complexity index is 1280. The summed E-state index contributed by atoms with van der Waals surface area (Å²) < 4.78 is 1.84. The summed E-state index contributed by atoms with van der Waals surface area (Å²) in [6.07, 6.45) is 8.77. The average Bonchev–Trinajstić information content (AvgIpc) is 3.48. The molecule has 6 rings (SSSR count). The molecule has 1 amide bonds. The molecule has 34 heavy (non-hydrogen) atoms. The van der Waals surface area contributed by atoms with E-state index >= 15 is 0 Å². The Morgan fingerprint density at radius 3 is 2.62 bits per heavy atom. The summed E-state index contributed by atoms with van der Waals surface area (Å²) in [5.74, 6) is 2.26. The molecule has 3 aliphatic rings. The monoisotopic (exact) mass is 455 g/mol. The van der Waals surface area contributed by atoms with Crippen LogP contribution in [0.1, 0.15) is 49.1 Å². The number of carbonyl (C=O) groups is 1. The van der Waals surface area contributed by atoms with Crippen LogP contribution in [0.4, 0.5) is 17.3 Å². The topological polar surface area (TPSA) is 95.4 Å². The third kappa shape index (κ3) is 4.28. The molecule has 4 heterocycles. The summed E-state index contributed by atoms with van der Waals surface area (Å²) >= 11 is 0. The first kappa shape index (κ1) is 20.9. The van der Waals surface area contributed by atoms with Crippen LogP contribution in [0.3, 0.4) is 0 Å². The minimum absolute atomic E-state index is 0.0351. The van der Waals surface area contributed by atoms with Crippen LogP contribution in [0.15, 0.2) is 54.4 Å². The Morgan fingerprint density at radius 1 is 1.12 bits per heavy atom. The van der Waals surface area contributed by atoms with Crippen molar-refractivity contribution in [1.82, 2.24) is 25.2 Å². The van der Waals surface area contributed by atoms with Gasteiger partial charge >= 0.3 is 0 Å². The van der Waals surface area contributed by atoms with Gasteiger partial charge in [-0.15, -0.1) is 0 Å². The smallest absolute Gasteiger partial charge is 0.228 e. The number of aromatic nitrogens is 3. The molecule has 8 heteroatoms. The molecule has 0 unspecified atom stereocenters. The number of hydrogen-bond acceptors (Lipinski definition) is 6. The number of benzene rings is 1. The lowest BCUT2D eigenvalue weighted by Gasteiger charge is -2.23. The molecule has 0 spiro atoms. The number of carbonyl (C=O) groups excluding carboxylic acids is 1. The van der Waals surface area contributed by atoms with Crippen molar-refractivity contribution < 1.29 is 4.79 Å². The Balaban J connectivity index is 1.31. The second-order valence-electron chi connectivity index (χ2n) is 9.42. The van der Waals surface area contributed by atoms with Crippen molar-refractivity contribution in [1.29, 1.82) is 0 Å². The molecular weight excluding hydrogens is 426 g/mol. The molecule has 3 fully saturated rings. The van der Waals surface area contributed by atoms with Crippen LogP contribution in [0.25, 0.3) is 11.7 Å². The van der Waals surface area contributed by atoms with E-state index in [1.807, 2.05) is 16.7 Å². The molecule has 0 bridgehead atoms. The van der Waals surface area contributed by atoms with Crippen molar-refractivity contribution in [3.63, 3.8) is 0 Å². The predicted molar refractivity (Wildman–Crippen MR) is 134 cm³/mol. The van der Waals surface area contributed by atoms with Gasteiger partial charge in [-0.05, 0) is 74.0 Å². The molecule has 174 valence electrons. The van der Waals surface area contributed by atoms with Crippen LogP contribution in [-0.2, 0) is 4.79 Å². The zero-order valence-corrected chi connectivity index (χ0v) is 19.1. The first-order chi connectivity index (χ1) is 16.6. The van der Waals surface area contributed by atoms with E-state index in [9.17, 15) is 4.79 Å². The molecule has 0 radical (unpaired) electrons. The van der Waals surface area contributed by atoms with Crippen LogP contribution < -0.4 is 21.3 Å². The van der Waals surface area contributed by atoms with E-state index in [4.69, 9.17) is 4.98 Å². The minimum atomic E-state index is -0.0351. The number of rotatable bonds is 6. The zero-order valence-electron chi connectivity index (χ0n) is 19.1. The van der Waals surface area contributed by atoms with Crippen molar-refractivity contribution in [3.05, 3.63) is 65.5 Å². The van der Waals surface area contributed by atoms with Crippen LogP contribution >= 0.6 is 0 Å². The maximum absolute atomic E-state index is 11.7. The Hall–Kier alpha value is -3.65. The minimum Gasteiger partial charge on any atom is -0.367 e. The maximum Gasteiger partial charge on any atom is 0.228 e. The van der Waals surface area contributed by atoms with E-state index in [0.29, 0.717) is 24.1 Å². The molecule has 0 atom stereocenters. The van der Waals surface area contributed by atoms with Crippen molar-refractivity contribution in [3.8, 4) is 0 Å². The highest BCUT2D eigenvalue weighted by Gasteiger charge is 2.24. The number of nitrogens with one attached hydrogen (secondary N) is 4. The second kappa shape index (κ2) is 8.61. The van der Waals surface area contributed by atoms with Gasteiger partial charge in [0.15, 0.2) is 5.65 Å². The van der Waals surface area contributed by atoms with Gasteiger partial charge in [0.05, 0.1) is 12.6 Å². The summed E-state index contributed by atoms with van der Waals surface area (Å²) in [4.78, 5) is 16.6. The van der Waals surface area contributed by atoms with Gasteiger partial charge in [-0.25, -0.2) is 4.98 Å². The van der Waals surface area contributed by atoms with Crippen molar-refractivity contribution >= 4 is 35.0 Å². The lowest BCUT2D eigenvalue weighted by molar-refractivity contribution is -0.118. The van der Waals surface area contributed by atoms with Gasteiger partial charge in [-0.1, -0.05) is 18.7 Å². The van der Waals surface area contributed by atoms with E-state index in [-0.39, 0.29) is 5.91 Å². The van der Waals surface area contributed by atoms with Gasteiger partial charge in [-0.3, -0.25) is 4.79 Å². The summed E-state index contributed by atoms with van der Waals surface area (Å²) in [5.41, 5.74) is 5.51. The fourth-order valence-electron chi connectivity index (χ4n) is 4.73. The SMILES string of the molecule is C=C1NC(=O)C/C1=C\c1cnn2c(NC3CC3)cc(Nc3ccc(C4CCNCC4)cc3)nc12. The summed E-state index contributed by atoms with van der Waals surface area (Å²) in [6, 6.07) is 11.2. The third-order valence-corrected chi connectivity index (χ3v) is 6.78. The van der Waals surface area contributed by atoms with Crippen LogP contribution in [-0.4, -0.2) is 39.6 Å². The number of hydrogen-bond donors (Lipinski definition) is 4. The van der Waals surface area contributed by atoms with E-state index in [1.54, 1.807) is 6.20 Å². The molecule has 2 saturated heterocycles. The lowest BCUT2D eigenvalue weighted by Crippen LogP contribution is -2.26. The van der Waals surface area contributed by atoms with Crippen molar-refractivity contribution in [2.24, 2.45) is 0 Å². The summed E-state index contributed by atoms with van der Waals surface area (Å²) in [5, 5.41) is 17.8. The second-order valence-corrected chi connectivity index (χ2v) is 9.42. The van der Waals surface area contributed by atoms with Gasteiger partial charge < -0.3 is 21.3 Å². The first-order valence-corrected chi connectivity index (χ1v) is 12.0. The fraction of sp³-hybridized carbons (Fsp3) is 0.346. The normalized spacial score (nSPS) is 20.2. The molecule has 1 saturated carbocycles. The maximum atomic E-state index is 11.7. The van der Waals surface area contributed by atoms with Gasteiger partial charge in [0.25, 0.3) is 0 Å². The Labute approximate surface area is 198 Å². The van der Waals surface area contributed by atoms with E-state index in [2.05, 4.69) is 57.2 Å². The van der Waals surface area contributed by atoms with E-state index < -0.39 is 0 Å². The molecule has 1 aromatic carbocycles. The number of amides is 1. The number of fused-ring (bicyclic) bond motifs is 1. The highest BCUT2D eigenvalue weighted by Crippen LogP contribution is 2.30. The zero-order chi connectivity index (χ0) is 23.1. The molecule has 3 aromatic rings. The van der Waals surface area contributed by atoms with Crippen LogP contribution in [0.2, 0.25) is 0 Å².